The van der Waals surface area contributed by atoms with Gasteiger partial charge in [0.15, 0.2) is 0 Å². The summed E-state index contributed by atoms with van der Waals surface area (Å²) >= 11 is 5.98. The summed E-state index contributed by atoms with van der Waals surface area (Å²) in [6.45, 7) is 0.981. The van der Waals surface area contributed by atoms with Crippen molar-refractivity contribution in [2.75, 3.05) is 23.3 Å². The molecule has 2 aromatic rings. The number of carboxylic acids is 1. The number of hydrogen-bond acceptors (Lipinski definition) is 7. The molecule has 8 nitrogen and oxygen atoms in total. The Hall–Kier alpha value is -3.50. The molecule has 1 fully saturated rings. The number of anilines is 2. The molecule has 0 radical (unpaired) electrons. The van der Waals surface area contributed by atoms with Gasteiger partial charge in [-0.2, -0.15) is 0 Å². The second-order valence-electron chi connectivity index (χ2n) is 7.16. The van der Waals surface area contributed by atoms with Crippen LogP contribution in [0.1, 0.15) is 11.1 Å². The Labute approximate surface area is 192 Å². The number of para-hydroxylation sites is 1. The largest absolute Gasteiger partial charge is 0.548 e. The van der Waals surface area contributed by atoms with Crippen molar-refractivity contribution in [2.45, 2.75) is 6.92 Å². The molecule has 2 aliphatic rings. The van der Waals surface area contributed by atoms with Gasteiger partial charge >= 0.3 is 0 Å². The molecule has 0 atom stereocenters. The van der Waals surface area contributed by atoms with Crippen molar-refractivity contribution in [3.8, 4) is 0 Å². The first-order chi connectivity index (χ1) is 15.3. The van der Waals surface area contributed by atoms with Crippen LogP contribution in [-0.2, 0) is 19.2 Å². The van der Waals surface area contributed by atoms with E-state index in [1.165, 1.54) is 4.90 Å². The lowest BCUT2D eigenvalue weighted by Gasteiger charge is -2.17. The molecule has 2 aliphatic heterocycles. The van der Waals surface area contributed by atoms with E-state index in [-0.39, 0.29) is 21.3 Å². The minimum Gasteiger partial charge on any atom is -0.548 e. The van der Waals surface area contributed by atoms with Gasteiger partial charge in [0.25, 0.3) is 11.8 Å². The van der Waals surface area contributed by atoms with E-state index >= 15 is 0 Å². The lowest BCUT2D eigenvalue weighted by Crippen LogP contribution is -2.40. The SMILES string of the molecule is Cc1ccc(NC(=O)CN2C(=O)C(=C3SC(=S)N(CC(=O)[O-])C3=O)c3ccccc32)cc1. The Morgan fingerprint density at radius 2 is 1.69 bits per heavy atom. The van der Waals surface area contributed by atoms with Crippen LogP contribution >= 0.6 is 24.0 Å². The highest BCUT2D eigenvalue weighted by Gasteiger charge is 2.42. The minimum absolute atomic E-state index is 0.0301. The Morgan fingerprint density at radius 3 is 2.38 bits per heavy atom. The van der Waals surface area contributed by atoms with E-state index in [9.17, 15) is 24.3 Å². The van der Waals surface area contributed by atoms with E-state index in [0.717, 1.165) is 22.2 Å². The van der Waals surface area contributed by atoms with Gasteiger partial charge in [-0.15, -0.1) is 0 Å². The van der Waals surface area contributed by atoms with Gasteiger partial charge in [-0.05, 0) is 25.1 Å². The molecule has 2 heterocycles. The molecular weight excluding hydrogens is 450 g/mol. The van der Waals surface area contributed by atoms with Crippen LogP contribution < -0.4 is 15.3 Å². The summed E-state index contributed by atoms with van der Waals surface area (Å²) < 4.78 is 0.0301. The van der Waals surface area contributed by atoms with Gasteiger partial charge in [0.2, 0.25) is 5.91 Å². The van der Waals surface area contributed by atoms with Crippen LogP contribution in [0.25, 0.3) is 5.57 Å². The van der Waals surface area contributed by atoms with Gasteiger partial charge < -0.3 is 15.2 Å². The van der Waals surface area contributed by atoms with Crippen molar-refractivity contribution in [1.82, 2.24) is 4.90 Å². The molecule has 1 N–H and O–H groups in total. The molecule has 162 valence electrons. The molecule has 10 heteroatoms. The summed E-state index contributed by atoms with van der Waals surface area (Å²) in [5.41, 5.74) is 2.71. The maximum Gasteiger partial charge on any atom is 0.267 e. The predicted octanol–water partition coefficient (Wildman–Crippen LogP) is 1.30. The van der Waals surface area contributed by atoms with E-state index in [1.54, 1.807) is 36.4 Å². The summed E-state index contributed by atoms with van der Waals surface area (Å²) in [6.07, 6.45) is 0. The quantitative estimate of drug-likeness (QED) is 0.523. The van der Waals surface area contributed by atoms with Gasteiger partial charge in [0.1, 0.15) is 10.9 Å². The molecule has 0 bridgehead atoms. The number of thioether (sulfide) groups is 1. The number of carboxylic acid groups (broad SMARTS) is 1. The summed E-state index contributed by atoms with van der Waals surface area (Å²) in [5, 5.41) is 13.7. The fourth-order valence-corrected chi connectivity index (χ4v) is 4.78. The topological polar surface area (TPSA) is 110 Å². The first kappa shape index (κ1) is 21.7. The lowest BCUT2D eigenvalue weighted by atomic mass is 10.1. The predicted molar refractivity (Wildman–Crippen MR) is 122 cm³/mol. The highest BCUT2D eigenvalue weighted by molar-refractivity contribution is 8.26. The van der Waals surface area contributed by atoms with Crippen LogP contribution in [0.3, 0.4) is 0 Å². The molecule has 0 saturated carbocycles. The van der Waals surface area contributed by atoms with Gasteiger partial charge in [-0.25, -0.2) is 0 Å². The number of benzene rings is 2. The number of thiocarbonyl (C=S) groups is 1. The van der Waals surface area contributed by atoms with Gasteiger partial charge in [-0.1, -0.05) is 59.9 Å². The van der Waals surface area contributed by atoms with Crippen LogP contribution in [-0.4, -0.2) is 46.0 Å². The Kier molecular flexibility index (Phi) is 5.81. The zero-order chi connectivity index (χ0) is 23.0. The molecule has 0 spiro atoms. The summed E-state index contributed by atoms with van der Waals surface area (Å²) in [4.78, 5) is 51.9. The number of rotatable bonds is 5. The Bertz CT molecular complexity index is 1210. The van der Waals surface area contributed by atoms with E-state index in [4.69, 9.17) is 12.2 Å². The monoisotopic (exact) mass is 466 g/mol. The highest BCUT2D eigenvalue weighted by Crippen LogP contribution is 2.44. The highest BCUT2D eigenvalue weighted by atomic mass is 32.2. The van der Waals surface area contributed by atoms with E-state index in [2.05, 4.69) is 5.32 Å². The molecule has 0 aliphatic carbocycles. The standard InChI is InChI=1S/C22H17N3O5S2/c1-12-6-8-13(9-7-12)23-16(26)10-24-15-5-3-2-4-14(15)18(20(24)29)19-21(30)25(11-17(27)28)22(31)32-19/h2-9H,10-11H2,1H3,(H,23,26)(H,27,28)/p-1. The van der Waals surface area contributed by atoms with Crippen LogP contribution in [0.15, 0.2) is 53.4 Å². The summed E-state index contributed by atoms with van der Waals surface area (Å²) in [6, 6.07) is 14.0. The van der Waals surface area contributed by atoms with Crippen molar-refractivity contribution in [1.29, 1.82) is 0 Å². The summed E-state index contributed by atoms with van der Waals surface area (Å²) in [7, 11) is 0. The third-order valence-electron chi connectivity index (χ3n) is 4.92. The first-order valence-corrected chi connectivity index (χ1v) is 10.7. The van der Waals surface area contributed by atoms with E-state index in [0.29, 0.717) is 16.9 Å². The van der Waals surface area contributed by atoms with E-state index in [1.807, 2.05) is 19.1 Å². The molecule has 3 amide bonds. The number of carbonyl (C=O) groups excluding carboxylic acids is 4. The number of carbonyl (C=O) groups is 4. The second-order valence-corrected chi connectivity index (χ2v) is 8.80. The average Bonchev–Trinajstić information content (AvgIpc) is 3.17. The van der Waals surface area contributed by atoms with E-state index < -0.39 is 30.2 Å². The molecule has 0 unspecified atom stereocenters. The normalized spacial score (nSPS) is 17.7. The van der Waals surface area contributed by atoms with Gasteiger partial charge in [-0.3, -0.25) is 24.2 Å². The lowest BCUT2D eigenvalue weighted by molar-refractivity contribution is -0.305. The molecular formula is C22H16N3O5S2-. The van der Waals surface area contributed by atoms with Crippen LogP contribution in [0.2, 0.25) is 0 Å². The van der Waals surface area contributed by atoms with Crippen molar-refractivity contribution in [3.63, 3.8) is 0 Å². The third kappa shape index (κ3) is 4.02. The summed E-state index contributed by atoms with van der Waals surface area (Å²) in [5.74, 6) is -3.06. The second kappa shape index (κ2) is 8.56. The van der Waals surface area contributed by atoms with Crippen LogP contribution in [0.5, 0.6) is 0 Å². The molecule has 32 heavy (non-hydrogen) atoms. The number of aryl methyl sites for hydroxylation is 1. The number of hydrogen-bond donors (Lipinski definition) is 1. The smallest absolute Gasteiger partial charge is 0.267 e. The van der Waals surface area contributed by atoms with Crippen LogP contribution in [0, 0.1) is 6.92 Å². The van der Waals surface area contributed by atoms with Crippen molar-refractivity contribution >= 4 is 68.9 Å². The number of nitrogens with one attached hydrogen (secondary N) is 1. The number of fused-ring (bicyclic) bond motifs is 1. The maximum atomic E-state index is 13.3. The van der Waals surface area contributed by atoms with Crippen molar-refractivity contribution in [3.05, 3.63) is 64.6 Å². The van der Waals surface area contributed by atoms with Crippen molar-refractivity contribution < 1.29 is 24.3 Å². The van der Waals surface area contributed by atoms with Gasteiger partial charge in [0, 0.05) is 11.3 Å². The number of nitrogens with zero attached hydrogens (tertiary/aromatic N) is 2. The van der Waals surface area contributed by atoms with Crippen molar-refractivity contribution in [2.24, 2.45) is 0 Å². The fourth-order valence-electron chi connectivity index (χ4n) is 3.45. The molecule has 0 aromatic heterocycles. The molecule has 1 saturated heterocycles. The minimum atomic E-state index is -1.46. The number of amides is 3. The van der Waals surface area contributed by atoms with Crippen LogP contribution in [0.4, 0.5) is 11.4 Å². The number of aliphatic carboxylic acids is 1. The third-order valence-corrected chi connectivity index (χ3v) is 6.37. The Balaban J connectivity index is 1.64. The maximum absolute atomic E-state index is 13.3. The molecule has 4 rings (SSSR count). The zero-order valence-corrected chi connectivity index (χ0v) is 18.4. The Morgan fingerprint density at radius 1 is 1.00 bits per heavy atom. The fraction of sp³-hybridized carbons (Fsp3) is 0.136. The van der Waals surface area contributed by atoms with Gasteiger partial charge in [0.05, 0.1) is 28.7 Å². The molecule has 2 aromatic carbocycles. The average molecular weight is 467 g/mol. The first-order valence-electron chi connectivity index (χ1n) is 9.52. The zero-order valence-electron chi connectivity index (χ0n) is 16.8.